The molecular weight excluding hydrogens is 1910 g/mol. The molecule has 10 aromatic rings. The van der Waals surface area contributed by atoms with Gasteiger partial charge in [0.2, 0.25) is 46.7 Å². The second kappa shape index (κ2) is 42.3. The van der Waals surface area contributed by atoms with Crippen molar-refractivity contribution in [2.45, 2.75) is 212 Å². The number of aliphatic hydroxyl groups excluding tert-OH is 6. The molecular formula is C74H92N34O30P2. The molecule has 140 heavy (non-hydrogen) atoms. The Kier molecular flexibility index (Phi) is 30.5. The van der Waals surface area contributed by atoms with Gasteiger partial charge in [0, 0.05) is 33.9 Å². The number of para-hydroxylation sites is 2. The van der Waals surface area contributed by atoms with E-state index in [0.29, 0.717) is 0 Å². The number of imidazole rings is 4. The molecule has 8 fully saturated rings. The lowest BCUT2D eigenvalue weighted by atomic mass is 9.98. The minimum absolute atomic E-state index is 0.00261. The summed E-state index contributed by atoms with van der Waals surface area (Å²) in [5.74, 6) is -1.76. The molecule has 2 saturated carbocycles. The van der Waals surface area contributed by atoms with Gasteiger partial charge in [-0.3, -0.25) is 76.0 Å². The predicted molar refractivity (Wildman–Crippen MR) is 470 cm³/mol. The fraction of sp³-hybridized carbons (Fsp3) is 0.541. The molecule has 18 rings (SSSR count). The fourth-order valence-electron chi connectivity index (χ4n) is 16.4. The number of anilines is 4. The zero-order valence-corrected chi connectivity index (χ0v) is 75.6. The number of carbonyl (C=O) groups excluding carboxylic acids is 2. The van der Waals surface area contributed by atoms with Crippen molar-refractivity contribution in [3.05, 3.63) is 169 Å². The average molecular weight is 2000 g/mol. The lowest BCUT2D eigenvalue weighted by Crippen LogP contribution is -2.46. The summed E-state index contributed by atoms with van der Waals surface area (Å²) in [7, 11) is -6.25. The molecule has 748 valence electrons. The van der Waals surface area contributed by atoms with Crippen LogP contribution in [0.5, 0.6) is 11.5 Å². The van der Waals surface area contributed by atoms with Crippen LogP contribution in [0, 0.1) is 0 Å². The van der Waals surface area contributed by atoms with E-state index in [-0.39, 0.29) is 92.2 Å². The molecule has 0 spiro atoms. The van der Waals surface area contributed by atoms with Crippen molar-refractivity contribution in [1.82, 2.24) is 88.3 Å². The van der Waals surface area contributed by atoms with Gasteiger partial charge in [-0.1, -0.05) is 69.7 Å². The highest BCUT2D eigenvalue weighted by molar-refractivity contribution is 7.52. The summed E-state index contributed by atoms with van der Waals surface area (Å²) in [5, 5.41) is 80.7. The van der Waals surface area contributed by atoms with Crippen molar-refractivity contribution in [2.75, 3.05) is 63.6 Å². The Bertz CT molecular complexity index is 6740. The molecule has 6 saturated heterocycles. The maximum absolute atomic E-state index is 14.3. The monoisotopic (exact) mass is 2000 g/mol. The number of nitrogens with zero attached hydrogens (tertiary/aromatic N) is 24. The number of azide groups is 4. The number of esters is 2. The number of nitrogen functional groups attached to an aromatic ring is 4. The Morgan fingerprint density at radius 3 is 1.14 bits per heavy atom. The standard InChI is InChI=1S/C27H34N9O10P.C25H32N9O9P.C12H14N8O6.C10H12N8O5/c1-15(24(38)42-16-9-5-3-6-10-16)33-47(39,46-17-11-7-4-8-12-17)41-13-27(34-35-29)20-19(43-26(40-2)44-20)23(45-27)36-14-30-18-21(36)31-25(28)32-22(18)37;1-14(23(38)41-15-8-4-2-5-9-15)31-44(39,43-16-10-6-3-7-11-16)40-12-25(32-33-27)19(36)18(35)22(42-25)34-13-28-17-20(34)29-24(26)30-21(17)37;1-23-11-24-5-6(25-11)12(2-21,18-19-14)26-9(5)20-3-15-4-7(20)16-10(13)17-8(4)22;11-9-14-6-3(7(22)15-9)13-2-18(6)8-4(20)5(21)10(1-19,23-8)16-17-12/h4,7-8,11-12,14-16,19-20,23,26H,3,5-6,9-10,13H2,1-2H3,(H,33,39)(H3,28,31,32,37);3,6-7,10-11,13-15,18-19,22,35-36H,2,4-5,8-9,12H2,1H3,(H,31,39)(H3,26,29,30,37);3,5-6,9,11,21H,2H2,1H3,(H3,13,16,17,22);2,4-5,8,19-21H,1H2,(H3,11,14,15,22)/t15-,19+,20-,23+,26?,27+,47?;14-,18+,19-,22+,25+,44?;5-,6+,9-,11?,12-;4-,5+,8-,10-/m0011/s1. The summed E-state index contributed by atoms with van der Waals surface area (Å²) < 4.78 is 124. The molecule has 66 heteroatoms. The summed E-state index contributed by atoms with van der Waals surface area (Å²) in [4.78, 5) is 127. The molecule has 8 aliphatic rings. The van der Waals surface area contributed by atoms with Crippen molar-refractivity contribution in [3.63, 3.8) is 0 Å². The van der Waals surface area contributed by atoms with Gasteiger partial charge >= 0.3 is 27.4 Å². The molecule has 0 radical (unpaired) electrons. The number of benzene rings is 2. The minimum Gasteiger partial charge on any atom is -0.461 e. The Labute approximate surface area is 782 Å². The number of hydrogen-bond acceptors (Lipinski definition) is 46. The van der Waals surface area contributed by atoms with Crippen LogP contribution in [-0.4, -0.2) is 270 Å². The molecule has 14 heterocycles. The van der Waals surface area contributed by atoms with Gasteiger partial charge < -0.3 is 119 Å². The number of aromatic nitrogens is 16. The Hall–Kier alpha value is -13.5. The van der Waals surface area contributed by atoms with Crippen molar-refractivity contribution < 1.29 is 124 Å². The Balaban J connectivity index is 0.000000147. The highest BCUT2D eigenvalue weighted by Crippen LogP contribution is 2.54. The molecule has 2 aromatic carbocycles. The number of aromatic amines is 4. The molecule has 0 amide bonds. The van der Waals surface area contributed by atoms with Gasteiger partial charge in [-0.15, -0.1) is 0 Å². The van der Waals surface area contributed by atoms with Crippen LogP contribution in [-0.2, 0) is 84.6 Å². The van der Waals surface area contributed by atoms with E-state index < -0.39 is 198 Å². The Morgan fingerprint density at radius 1 is 0.479 bits per heavy atom. The number of hydrogen-bond donors (Lipinski definition) is 16. The number of nitrogens with two attached hydrogens (primary N) is 4. The van der Waals surface area contributed by atoms with Crippen LogP contribution in [0.3, 0.4) is 0 Å². The van der Waals surface area contributed by atoms with E-state index in [1.807, 2.05) is 0 Å². The highest BCUT2D eigenvalue weighted by Gasteiger charge is 2.66. The van der Waals surface area contributed by atoms with Gasteiger partial charge in [-0.05, 0) is 112 Å². The number of methoxy groups -OCH3 is 2. The number of carbonyl (C=O) groups is 2. The highest BCUT2D eigenvalue weighted by atomic mass is 31.2. The van der Waals surface area contributed by atoms with Crippen LogP contribution in [0.1, 0.15) is 103 Å². The quantitative estimate of drug-likeness (QED) is 0.0100. The average Bonchev–Trinajstić information content (AvgIpc) is 1.58. The molecule has 2 aliphatic carbocycles. The van der Waals surface area contributed by atoms with Crippen molar-refractivity contribution in [3.8, 4) is 11.5 Å². The summed E-state index contributed by atoms with van der Waals surface area (Å²) in [6.45, 7) is -2.56. The minimum atomic E-state index is -4.50. The number of rotatable bonds is 30. The third-order valence-corrected chi connectivity index (χ3v) is 26.3. The molecule has 22 atom stereocenters. The first kappa shape index (κ1) is 101. The third-order valence-electron chi connectivity index (χ3n) is 23.0. The topological polar surface area (TPSA) is 915 Å². The van der Waals surface area contributed by atoms with Crippen LogP contribution in [0.2, 0.25) is 0 Å². The molecule has 4 unspecified atom stereocenters. The van der Waals surface area contributed by atoms with Crippen molar-refractivity contribution in [2.24, 2.45) is 20.5 Å². The molecule has 6 aliphatic heterocycles. The van der Waals surface area contributed by atoms with E-state index in [9.17, 15) is 79.6 Å². The molecule has 8 aromatic heterocycles. The zero-order chi connectivity index (χ0) is 99.9. The second-order valence-corrected chi connectivity index (χ2v) is 35.7. The molecule has 20 N–H and O–H groups in total. The van der Waals surface area contributed by atoms with E-state index in [0.717, 1.165) is 86.0 Å². The number of aliphatic hydroxyl groups is 6. The maximum atomic E-state index is 14.3. The summed E-state index contributed by atoms with van der Waals surface area (Å²) in [6.07, 6.45) is -2.82. The zero-order valence-electron chi connectivity index (χ0n) is 73.8. The summed E-state index contributed by atoms with van der Waals surface area (Å²) >= 11 is 0. The first-order valence-corrected chi connectivity index (χ1v) is 45.6. The fourth-order valence-corrected chi connectivity index (χ4v) is 19.4. The van der Waals surface area contributed by atoms with Crippen LogP contribution in [0.4, 0.5) is 23.8 Å². The van der Waals surface area contributed by atoms with E-state index >= 15 is 0 Å². The van der Waals surface area contributed by atoms with E-state index in [1.165, 1.54) is 62.0 Å². The Morgan fingerprint density at radius 2 is 0.786 bits per heavy atom. The third kappa shape index (κ3) is 20.7. The number of fused-ring (bicyclic) bond motifs is 6. The van der Waals surface area contributed by atoms with Crippen LogP contribution >= 0.6 is 15.5 Å². The smallest absolute Gasteiger partial charge is 0.459 e. The first-order valence-electron chi connectivity index (χ1n) is 42.6. The van der Waals surface area contributed by atoms with Crippen LogP contribution in [0.15, 0.2) is 126 Å². The van der Waals surface area contributed by atoms with Crippen LogP contribution in [0.25, 0.3) is 86.4 Å². The second-order valence-electron chi connectivity index (χ2n) is 32.3. The lowest BCUT2D eigenvalue weighted by molar-refractivity contribution is -0.270. The van der Waals surface area contributed by atoms with E-state index in [4.69, 9.17) is 109 Å². The van der Waals surface area contributed by atoms with Gasteiger partial charge in [-0.25, -0.2) is 29.1 Å². The van der Waals surface area contributed by atoms with Gasteiger partial charge in [0.15, 0.2) is 69.6 Å². The molecule has 0 bridgehead atoms. The van der Waals surface area contributed by atoms with Crippen LogP contribution < -0.4 is 64.4 Å². The predicted octanol–water partition coefficient (Wildman–Crippen LogP) is 1.92. The lowest BCUT2D eigenvalue weighted by Gasteiger charge is -2.31. The van der Waals surface area contributed by atoms with E-state index in [1.54, 1.807) is 48.5 Å². The van der Waals surface area contributed by atoms with Gasteiger partial charge in [-0.2, -0.15) is 30.1 Å². The summed E-state index contributed by atoms with van der Waals surface area (Å²) in [5.41, 5.74) is 48.2. The van der Waals surface area contributed by atoms with Gasteiger partial charge in [0.05, 0.1) is 51.7 Å². The van der Waals surface area contributed by atoms with Gasteiger partial charge in [0.1, 0.15) is 84.6 Å². The number of H-pyrrole nitrogens is 4. The normalized spacial score (nSPS) is 28.7. The first-order chi connectivity index (χ1) is 67.1. The van der Waals surface area contributed by atoms with Crippen molar-refractivity contribution in [1.29, 1.82) is 0 Å². The maximum Gasteiger partial charge on any atom is 0.459 e. The molecule has 64 nitrogen and oxygen atoms in total. The number of nitrogens with one attached hydrogen (secondary N) is 6. The van der Waals surface area contributed by atoms with E-state index in [2.05, 4.69) is 110 Å². The summed E-state index contributed by atoms with van der Waals surface area (Å²) in [6, 6.07) is 13.8. The SMILES string of the molecule is COC1O[C@H]2[C@H](n3cnc4c(=O)[nH]c(N)nc43)O[C@@](CO)(N=[N+]=[N-])[C@H]2O1.COC1O[C@H]2[C@H](n3cnc4c(=O)[nH]c(N)nc43)O[C@@](COP(=O)(N[C@@H](C)C(=O)OC3CCCCC3)Oc3ccccc3)(N=[N+]=[N-])[C@H]2O1.C[C@H](NP(=O)(OC[C@@]1(N=[N+]=[N-])O[C@@H](n2cnc3c(=O)[nH]c(N)nc32)[C@H](O)[C@@H]1O)Oc1ccccc1)C(=O)OC1CCCCC1.[N-]=[N+]=N[C@]1(CO)O[C@@H](n2cnc3c(=O)[nH]c(N)nc32)[C@H](O)[C@@H]1O. The van der Waals surface area contributed by atoms with Crippen molar-refractivity contribution >= 4 is 95.9 Å². The number of ether oxygens (including phenoxy) is 12. The largest absolute Gasteiger partial charge is 0.461 e. The van der Waals surface area contributed by atoms with Gasteiger partial charge in [0.25, 0.3) is 35.2 Å².